The van der Waals surface area contributed by atoms with Gasteiger partial charge in [-0.3, -0.25) is 9.36 Å². The van der Waals surface area contributed by atoms with E-state index in [2.05, 4.69) is 16.3 Å². The van der Waals surface area contributed by atoms with Crippen molar-refractivity contribution in [2.45, 2.75) is 50.6 Å². The summed E-state index contributed by atoms with van der Waals surface area (Å²) in [5.74, 6) is 0.584. The summed E-state index contributed by atoms with van der Waals surface area (Å²) in [4.78, 5) is 0.343. The van der Waals surface area contributed by atoms with Gasteiger partial charge in [0.05, 0.1) is 35.9 Å². The van der Waals surface area contributed by atoms with Crippen LogP contribution in [0.4, 0.5) is 0 Å². The second-order valence-corrected chi connectivity index (χ2v) is 8.39. The third kappa shape index (κ3) is 2.31. The van der Waals surface area contributed by atoms with Gasteiger partial charge in [-0.2, -0.15) is 14.5 Å². The monoisotopic (exact) mass is 335 g/mol. The lowest BCUT2D eigenvalue weighted by atomic mass is 10.2. The Labute approximate surface area is 135 Å². The first kappa shape index (κ1) is 14.9. The molecule has 0 atom stereocenters. The summed E-state index contributed by atoms with van der Waals surface area (Å²) in [7, 11) is -1.76. The maximum absolute atomic E-state index is 13.0. The minimum Gasteiger partial charge on any atom is -0.271 e. The first-order valence-corrected chi connectivity index (χ1v) is 9.39. The van der Waals surface area contributed by atoms with Crippen LogP contribution in [-0.2, 0) is 30.2 Å². The summed E-state index contributed by atoms with van der Waals surface area (Å²) in [6, 6.07) is 2.07. The predicted octanol–water partition coefficient (Wildman–Crippen LogP) is 1.32. The molecule has 1 aliphatic heterocycles. The van der Waals surface area contributed by atoms with Crippen molar-refractivity contribution in [2.75, 3.05) is 6.54 Å². The quantitative estimate of drug-likeness (QED) is 0.848. The zero-order valence-corrected chi connectivity index (χ0v) is 14.5. The SMILES string of the molecule is Cc1nn(C)c(C)c1S(=O)(=O)N1CCn2nc(C3CC3)cc2C1. The number of sulfonamides is 1. The minimum atomic E-state index is -3.53. The van der Waals surface area contributed by atoms with E-state index >= 15 is 0 Å². The maximum Gasteiger partial charge on any atom is 0.247 e. The van der Waals surface area contributed by atoms with E-state index in [4.69, 9.17) is 0 Å². The summed E-state index contributed by atoms with van der Waals surface area (Å²) >= 11 is 0. The van der Waals surface area contributed by atoms with Crippen molar-refractivity contribution in [2.24, 2.45) is 7.05 Å². The smallest absolute Gasteiger partial charge is 0.247 e. The van der Waals surface area contributed by atoms with Gasteiger partial charge in [-0.05, 0) is 32.8 Å². The van der Waals surface area contributed by atoms with Crippen molar-refractivity contribution in [3.63, 3.8) is 0 Å². The average molecular weight is 335 g/mol. The molecule has 8 heteroatoms. The van der Waals surface area contributed by atoms with E-state index in [0.29, 0.717) is 41.8 Å². The fourth-order valence-corrected chi connectivity index (χ4v) is 5.11. The van der Waals surface area contributed by atoms with E-state index < -0.39 is 10.0 Å². The van der Waals surface area contributed by atoms with Crippen molar-refractivity contribution < 1.29 is 8.42 Å². The predicted molar refractivity (Wildman–Crippen MR) is 84.5 cm³/mol. The molecule has 0 radical (unpaired) electrons. The number of aromatic nitrogens is 4. The summed E-state index contributed by atoms with van der Waals surface area (Å²) in [5.41, 5.74) is 3.34. The molecular weight excluding hydrogens is 314 g/mol. The molecule has 0 spiro atoms. The van der Waals surface area contributed by atoms with Gasteiger partial charge in [0, 0.05) is 19.5 Å². The number of hydrogen-bond donors (Lipinski definition) is 0. The van der Waals surface area contributed by atoms with Crippen LogP contribution in [0.2, 0.25) is 0 Å². The number of hydrogen-bond acceptors (Lipinski definition) is 4. The van der Waals surface area contributed by atoms with Gasteiger partial charge in [0.15, 0.2) is 0 Å². The van der Waals surface area contributed by atoms with Gasteiger partial charge in [0.25, 0.3) is 0 Å². The van der Waals surface area contributed by atoms with Crippen LogP contribution in [0.25, 0.3) is 0 Å². The second kappa shape index (κ2) is 4.91. The Bertz CT molecular complexity index is 876. The molecule has 0 bridgehead atoms. The van der Waals surface area contributed by atoms with Gasteiger partial charge >= 0.3 is 0 Å². The van der Waals surface area contributed by atoms with E-state index in [1.807, 2.05) is 4.68 Å². The van der Waals surface area contributed by atoms with Crippen molar-refractivity contribution in [3.05, 3.63) is 28.8 Å². The Morgan fingerprint density at radius 3 is 2.52 bits per heavy atom. The number of rotatable bonds is 3. The molecule has 124 valence electrons. The first-order valence-electron chi connectivity index (χ1n) is 7.95. The number of fused-ring (bicyclic) bond motifs is 1. The number of nitrogens with zero attached hydrogens (tertiary/aromatic N) is 5. The van der Waals surface area contributed by atoms with Crippen LogP contribution in [0.5, 0.6) is 0 Å². The molecule has 1 fully saturated rings. The summed E-state index contributed by atoms with van der Waals surface area (Å²) in [6.07, 6.45) is 2.40. The molecule has 4 rings (SSSR count). The highest BCUT2D eigenvalue weighted by molar-refractivity contribution is 7.89. The summed E-state index contributed by atoms with van der Waals surface area (Å²) < 4.78 is 31.2. The average Bonchev–Trinajstić information content (AvgIpc) is 3.19. The Morgan fingerprint density at radius 2 is 1.91 bits per heavy atom. The van der Waals surface area contributed by atoms with Gasteiger partial charge in [-0.1, -0.05) is 0 Å². The summed E-state index contributed by atoms with van der Waals surface area (Å²) in [5, 5.41) is 8.86. The highest BCUT2D eigenvalue weighted by Crippen LogP contribution is 2.40. The molecule has 0 saturated heterocycles. The fourth-order valence-electron chi connectivity index (χ4n) is 3.30. The molecule has 2 aliphatic rings. The lowest BCUT2D eigenvalue weighted by Gasteiger charge is -2.27. The fraction of sp³-hybridized carbons (Fsp3) is 0.600. The van der Waals surface area contributed by atoms with Crippen molar-refractivity contribution >= 4 is 10.0 Å². The molecule has 7 nitrogen and oxygen atoms in total. The lowest BCUT2D eigenvalue weighted by Crippen LogP contribution is -2.38. The van der Waals surface area contributed by atoms with Crippen LogP contribution < -0.4 is 0 Å². The van der Waals surface area contributed by atoms with E-state index in [9.17, 15) is 8.42 Å². The topological polar surface area (TPSA) is 73.0 Å². The molecule has 1 aliphatic carbocycles. The minimum absolute atomic E-state index is 0.343. The summed E-state index contributed by atoms with van der Waals surface area (Å²) in [6.45, 7) is 5.00. The van der Waals surface area contributed by atoms with E-state index in [-0.39, 0.29) is 0 Å². The Balaban J connectivity index is 1.67. The molecule has 3 heterocycles. The van der Waals surface area contributed by atoms with Crippen LogP contribution in [-0.4, -0.2) is 38.8 Å². The van der Waals surface area contributed by atoms with Crippen molar-refractivity contribution in [1.29, 1.82) is 0 Å². The molecule has 0 N–H and O–H groups in total. The third-order valence-electron chi connectivity index (χ3n) is 4.82. The van der Waals surface area contributed by atoms with Gasteiger partial charge in [-0.25, -0.2) is 8.42 Å². The van der Waals surface area contributed by atoms with Gasteiger partial charge < -0.3 is 0 Å². The van der Waals surface area contributed by atoms with Crippen LogP contribution in [0.15, 0.2) is 11.0 Å². The van der Waals surface area contributed by atoms with E-state index in [1.54, 1.807) is 29.9 Å². The highest BCUT2D eigenvalue weighted by atomic mass is 32.2. The van der Waals surface area contributed by atoms with E-state index in [0.717, 1.165) is 11.4 Å². The zero-order chi connectivity index (χ0) is 16.4. The normalized spacial score (nSPS) is 19.1. The molecule has 1 saturated carbocycles. The molecule has 0 unspecified atom stereocenters. The lowest BCUT2D eigenvalue weighted by molar-refractivity contribution is 0.326. The van der Waals surface area contributed by atoms with Crippen LogP contribution in [0, 0.1) is 13.8 Å². The van der Waals surface area contributed by atoms with Gasteiger partial charge in [0.2, 0.25) is 10.0 Å². The van der Waals surface area contributed by atoms with Crippen molar-refractivity contribution in [3.8, 4) is 0 Å². The van der Waals surface area contributed by atoms with Crippen LogP contribution in [0.1, 0.15) is 41.5 Å². The van der Waals surface area contributed by atoms with Crippen LogP contribution >= 0.6 is 0 Å². The van der Waals surface area contributed by atoms with Gasteiger partial charge in [0.1, 0.15) is 4.90 Å². The number of aryl methyl sites for hydroxylation is 2. The van der Waals surface area contributed by atoms with Crippen molar-refractivity contribution in [1.82, 2.24) is 23.9 Å². The Morgan fingerprint density at radius 1 is 1.17 bits per heavy atom. The Hall–Kier alpha value is -1.67. The molecular formula is C15H21N5O2S. The second-order valence-electron chi connectivity index (χ2n) is 6.52. The maximum atomic E-state index is 13.0. The molecule has 0 amide bonds. The first-order chi connectivity index (χ1) is 10.9. The standard InChI is InChI=1S/C15H21N5O2S/c1-10-15(11(2)18(3)16-10)23(21,22)19-6-7-20-13(9-19)8-14(17-20)12-4-5-12/h8,12H,4-7,9H2,1-3H3. The largest absolute Gasteiger partial charge is 0.271 e. The van der Waals surface area contributed by atoms with Crippen LogP contribution in [0.3, 0.4) is 0 Å². The van der Waals surface area contributed by atoms with Gasteiger partial charge in [-0.15, -0.1) is 0 Å². The zero-order valence-electron chi connectivity index (χ0n) is 13.7. The Kier molecular flexibility index (Phi) is 3.18. The molecule has 23 heavy (non-hydrogen) atoms. The molecule has 0 aromatic carbocycles. The third-order valence-corrected chi connectivity index (χ3v) is 6.92. The van der Waals surface area contributed by atoms with E-state index in [1.165, 1.54) is 12.8 Å². The molecule has 2 aromatic rings. The molecule has 2 aromatic heterocycles. The highest BCUT2D eigenvalue weighted by Gasteiger charge is 2.35.